The van der Waals surface area contributed by atoms with Gasteiger partial charge < -0.3 is 10.0 Å². The Morgan fingerprint density at radius 3 is 2.71 bits per heavy atom. The van der Waals surface area contributed by atoms with Crippen LogP contribution in [-0.4, -0.2) is 46.1 Å². The molecule has 0 aliphatic carbocycles. The molecule has 0 fully saturated rings. The van der Waals surface area contributed by atoms with Crippen LogP contribution in [0, 0.1) is 0 Å². The average molecular weight is 305 g/mol. The number of aromatic nitrogens is 2. The first-order valence-corrected chi connectivity index (χ1v) is 8.19. The van der Waals surface area contributed by atoms with Gasteiger partial charge in [-0.1, -0.05) is 19.1 Å². The van der Waals surface area contributed by atoms with Gasteiger partial charge in [0.05, 0.1) is 5.52 Å². The molecule has 1 N–H and O–H groups in total. The zero-order chi connectivity index (χ0) is 15.4. The largest absolute Gasteiger partial charge is 0.475 e. The van der Waals surface area contributed by atoms with E-state index in [9.17, 15) is 9.90 Å². The predicted molar refractivity (Wildman–Crippen MR) is 87.4 cm³/mol. The van der Waals surface area contributed by atoms with Crippen molar-refractivity contribution in [3.63, 3.8) is 0 Å². The highest BCUT2D eigenvalue weighted by atomic mass is 32.2. The van der Waals surface area contributed by atoms with E-state index < -0.39 is 5.97 Å². The molecule has 0 aliphatic rings. The van der Waals surface area contributed by atoms with E-state index >= 15 is 0 Å². The molecule has 2 aromatic rings. The molecule has 6 heteroatoms. The topological polar surface area (TPSA) is 66.3 Å². The summed E-state index contributed by atoms with van der Waals surface area (Å²) < 4.78 is 0. The summed E-state index contributed by atoms with van der Waals surface area (Å²) in [5.74, 6) is 0.384. The molecule has 0 bridgehead atoms. The van der Waals surface area contributed by atoms with Crippen LogP contribution in [0.2, 0.25) is 0 Å². The number of hydrogen-bond donors (Lipinski definition) is 1. The van der Waals surface area contributed by atoms with Crippen LogP contribution in [0.5, 0.6) is 0 Å². The molecule has 0 spiro atoms. The lowest BCUT2D eigenvalue weighted by atomic mass is 10.2. The minimum absolute atomic E-state index is 0.158. The predicted octanol–water partition coefficient (Wildman–Crippen LogP) is 2.91. The molecule has 1 unspecified atom stereocenters. The van der Waals surface area contributed by atoms with E-state index in [4.69, 9.17) is 0 Å². The van der Waals surface area contributed by atoms with Crippen LogP contribution in [-0.2, 0) is 0 Å². The summed E-state index contributed by atoms with van der Waals surface area (Å²) in [5, 5.41) is 10.1. The molecule has 1 aromatic heterocycles. The Bertz CT molecular complexity index is 648. The van der Waals surface area contributed by atoms with E-state index in [0.717, 1.165) is 17.6 Å². The van der Waals surface area contributed by atoms with Gasteiger partial charge in [-0.3, -0.25) is 0 Å². The van der Waals surface area contributed by atoms with Crippen LogP contribution in [0.25, 0.3) is 10.9 Å². The lowest BCUT2D eigenvalue weighted by Crippen LogP contribution is -2.34. The summed E-state index contributed by atoms with van der Waals surface area (Å²) >= 11 is 1.77. The molecule has 2 rings (SSSR count). The SMILES string of the molecule is CCC(CSC)N(C)c1nc(C(=O)O)nc2ccccc12. The number of carbonyl (C=O) groups is 1. The highest BCUT2D eigenvalue weighted by Crippen LogP contribution is 2.26. The van der Waals surface area contributed by atoms with E-state index in [1.54, 1.807) is 11.8 Å². The third-order valence-electron chi connectivity index (χ3n) is 3.49. The monoisotopic (exact) mass is 305 g/mol. The van der Waals surface area contributed by atoms with Gasteiger partial charge in [0.25, 0.3) is 0 Å². The fourth-order valence-electron chi connectivity index (χ4n) is 2.29. The fraction of sp³-hybridized carbons (Fsp3) is 0.400. The van der Waals surface area contributed by atoms with E-state index in [1.807, 2.05) is 31.3 Å². The molecule has 1 heterocycles. The summed E-state index contributed by atoms with van der Waals surface area (Å²) in [6.45, 7) is 2.12. The second-order valence-corrected chi connectivity index (χ2v) is 5.73. The van der Waals surface area contributed by atoms with Gasteiger partial charge in [-0.25, -0.2) is 14.8 Å². The van der Waals surface area contributed by atoms with Crippen molar-refractivity contribution in [2.45, 2.75) is 19.4 Å². The van der Waals surface area contributed by atoms with Crippen molar-refractivity contribution in [3.8, 4) is 0 Å². The number of rotatable bonds is 6. The Morgan fingerprint density at radius 2 is 2.10 bits per heavy atom. The molecule has 5 nitrogen and oxygen atoms in total. The lowest BCUT2D eigenvalue weighted by molar-refractivity contribution is 0.0684. The smallest absolute Gasteiger partial charge is 0.374 e. The summed E-state index contributed by atoms with van der Waals surface area (Å²) in [7, 11) is 1.96. The second-order valence-electron chi connectivity index (χ2n) is 4.82. The molecule has 21 heavy (non-hydrogen) atoms. The number of aromatic carboxylic acids is 1. The number of benzene rings is 1. The second kappa shape index (κ2) is 6.76. The molecule has 0 radical (unpaired) electrons. The first-order valence-electron chi connectivity index (χ1n) is 6.80. The van der Waals surface area contributed by atoms with E-state index in [2.05, 4.69) is 28.0 Å². The van der Waals surface area contributed by atoms with Crippen molar-refractivity contribution in [1.29, 1.82) is 0 Å². The van der Waals surface area contributed by atoms with Gasteiger partial charge >= 0.3 is 5.97 Å². The Hall–Kier alpha value is -1.82. The van der Waals surface area contributed by atoms with Gasteiger partial charge in [0.2, 0.25) is 5.82 Å². The van der Waals surface area contributed by atoms with Gasteiger partial charge in [-0.05, 0) is 24.8 Å². The minimum Gasteiger partial charge on any atom is -0.475 e. The zero-order valence-electron chi connectivity index (χ0n) is 12.4. The molecular formula is C15H19N3O2S. The van der Waals surface area contributed by atoms with E-state index in [0.29, 0.717) is 17.4 Å². The number of thioether (sulfide) groups is 1. The summed E-state index contributed by atoms with van der Waals surface area (Å²) in [4.78, 5) is 21.7. The van der Waals surface area contributed by atoms with Crippen molar-refractivity contribution in [2.75, 3.05) is 24.0 Å². The number of fused-ring (bicyclic) bond motifs is 1. The first kappa shape index (κ1) is 15.6. The molecular weight excluding hydrogens is 286 g/mol. The number of hydrogen-bond acceptors (Lipinski definition) is 5. The first-order chi connectivity index (χ1) is 10.1. The number of anilines is 1. The molecule has 0 saturated heterocycles. The van der Waals surface area contributed by atoms with Crippen LogP contribution < -0.4 is 4.90 Å². The van der Waals surface area contributed by atoms with Gasteiger partial charge in [-0.15, -0.1) is 0 Å². The summed E-state index contributed by atoms with van der Waals surface area (Å²) in [6.07, 6.45) is 3.04. The summed E-state index contributed by atoms with van der Waals surface area (Å²) in [6, 6.07) is 7.82. The summed E-state index contributed by atoms with van der Waals surface area (Å²) in [5.41, 5.74) is 0.658. The fourth-order valence-corrected chi connectivity index (χ4v) is 3.14. The van der Waals surface area contributed by atoms with Crippen molar-refractivity contribution >= 4 is 34.5 Å². The average Bonchev–Trinajstić information content (AvgIpc) is 2.50. The normalized spacial score (nSPS) is 12.3. The zero-order valence-corrected chi connectivity index (χ0v) is 13.2. The molecule has 1 atom stereocenters. The van der Waals surface area contributed by atoms with Crippen LogP contribution in [0.4, 0.5) is 5.82 Å². The Kier molecular flexibility index (Phi) is 5.01. The highest BCUT2D eigenvalue weighted by Gasteiger charge is 2.19. The van der Waals surface area contributed by atoms with Crippen molar-refractivity contribution in [2.24, 2.45) is 0 Å². The van der Waals surface area contributed by atoms with Gasteiger partial charge in [-0.2, -0.15) is 11.8 Å². The number of carboxylic acids is 1. The Balaban J connectivity index is 2.57. The molecule has 112 valence electrons. The molecule has 0 aliphatic heterocycles. The van der Waals surface area contributed by atoms with Gasteiger partial charge in [0, 0.05) is 24.2 Å². The molecule has 1 aromatic carbocycles. The van der Waals surface area contributed by atoms with Crippen molar-refractivity contribution in [1.82, 2.24) is 9.97 Å². The molecule has 0 saturated carbocycles. The minimum atomic E-state index is -1.10. The maximum Gasteiger partial charge on any atom is 0.374 e. The van der Waals surface area contributed by atoms with Crippen LogP contribution >= 0.6 is 11.8 Å². The van der Waals surface area contributed by atoms with Crippen LogP contribution in [0.15, 0.2) is 24.3 Å². The van der Waals surface area contributed by atoms with Gasteiger partial charge in [0.15, 0.2) is 0 Å². The maximum absolute atomic E-state index is 11.2. The standard InChI is InChI=1S/C15H19N3O2S/c1-4-10(9-21-3)18(2)14-11-7-5-6-8-12(11)16-13(17-14)15(19)20/h5-8,10H,4,9H2,1-3H3,(H,19,20). The van der Waals surface area contributed by atoms with E-state index in [-0.39, 0.29) is 5.82 Å². The van der Waals surface area contributed by atoms with Gasteiger partial charge in [0.1, 0.15) is 5.82 Å². The highest BCUT2D eigenvalue weighted by molar-refractivity contribution is 7.98. The van der Waals surface area contributed by atoms with Crippen molar-refractivity contribution in [3.05, 3.63) is 30.1 Å². The van der Waals surface area contributed by atoms with Crippen LogP contribution in [0.3, 0.4) is 0 Å². The van der Waals surface area contributed by atoms with E-state index in [1.165, 1.54) is 0 Å². The number of carboxylic acid groups (broad SMARTS) is 1. The number of nitrogens with zero attached hydrogens (tertiary/aromatic N) is 3. The Morgan fingerprint density at radius 1 is 1.38 bits per heavy atom. The van der Waals surface area contributed by atoms with Crippen LogP contribution in [0.1, 0.15) is 24.0 Å². The van der Waals surface area contributed by atoms with Crippen molar-refractivity contribution < 1.29 is 9.90 Å². The third kappa shape index (κ3) is 3.26. The quantitative estimate of drug-likeness (QED) is 0.885. The number of para-hydroxylation sites is 1. The third-order valence-corrected chi connectivity index (χ3v) is 4.20. The Labute approximate surface area is 128 Å². The molecule has 0 amide bonds. The maximum atomic E-state index is 11.2. The lowest BCUT2D eigenvalue weighted by Gasteiger charge is -2.28.